The van der Waals surface area contributed by atoms with E-state index in [1.165, 1.54) is 0 Å². The predicted molar refractivity (Wildman–Crippen MR) is 73.8 cm³/mol. The number of morpholine rings is 1. The van der Waals surface area contributed by atoms with Gasteiger partial charge in [0.05, 0.1) is 25.4 Å². The highest BCUT2D eigenvalue weighted by Gasteiger charge is 2.20. The van der Waals surface area contributed by atoms with Crippen molar-refractivity contribution in [2.75, 3.05) is 26.4 Å². The molecule has 1 aliphatic rings. The number of carbonyl (C=O) groups is 1. The van der Waals surface area contributed by atoms with Gasteiger partial charge in [0.1, 0.15) is 5.75 Å². The molecule has 1 heterocycles. The van der Waals surface area contributed by atoms with Gasteiger partial charge in [0, 0.05) is 19.0 Å². The topological polar surface area (TPSA) is 47.6 Å². The molecule has 1 aliphatic heterocycles. The van der Waals surface area contributed by atoms with Gasteiger partial charge < -0.3 is 14.8 Å². The van der Waals surface area contributed by atoms with Crippen LogP contribution < -0.4 is 10.1 Å². The molecular weight excluding hydrogens is 242 g/mol. The summed E-state index contributed by atoms with van der Waals surface area (Å²) in [7, 11) is 0. The van der Waals surface area contributed by atoms with Gasteiger partial charge in [-0.05, 0) is 18.6 Å². The van der Waals surface area contributed by atoms with Crippen molar-refractivity contribution in [3.63, 3.8) is 0 Å². The van der Waals surface area contributed by atoms with E-state index in [0.717, 1.165) is 19.6 Å². The molecule has 4 nitrogen and oxygen atoms in total. The van der Waals surface area contributed by atoms with Gasteiger partial charge >= 0.3 is 0 Å². The number of Topliss-reactive ketones (excluding diaryl/α,β-unsaturated/α-hetero) is 1. The van der Waals surface area contributed by atoms with Crippen molar-refractivity contribution in [3.05, 3.63) is 29.8 Å². The Labute approximate surface area is 114 Å². The van der Waals surface area contributed by atoms with Crippen LogP contribution in [0.15, 0.2) is 24.3 Å². The lowest BCUT2D eigenvalue weighted by atomic mass is 10.0. The van der Waals surface area contributed by atoms with Gasteiger partial charge in [-0.2, -0.15) is 0 Å². The third-order valence-electron chi connectivity index (χ3n) is 3.08. The van der Waals surface area contributed by atoms with E-state index in [-0.39, 0.29) is 11.8 Å². The van der Waals surface area contributed by atoms with E-state index < -0.39 is 0 Å². The first-order valence-electron chi connectivity index (χ1n) is 6.87. The SMILES string of the molecule is CCCOc1ccccc1C(=O)CC1COCCN1. The molecule has 0 spiro atoms. The van der Waals surface area contributed by atoms with Gasteiger partial charge in [0.25, 0.3) is 0 Å². The molecule has 0 aliphatic carbocycles. The first-order chi connectivity index (χ1) is 9.31. The summed E-state index contributed by atoms with van der Waals surface area (Å²) in [5.74, 6) is 0.792. The van der Waals surface area contributed by atoms with Crippen LogP contribution in [0.1, 0.15) is 30.1 Å². The summed E-state index contributed by atoms with van der Waals surface area (Å²) in [5, 5.41) is 3.30. The fourth-order valence-electron chi connectivity index (χ4n) is 2.12. The van der Waals surface area contributed by atoms with Crippen LogP contribution in [0, 0.1) is 0 Å². The summed E-state index contributed by atoms with van der Waals surface area (Å²) in [4.78, 5) is 12.3. The number of carbonyl (C=O) groups excluding carboxylic acids is 1. The largest absolute Gasteiger partial charge is 0.493 e. The molecule has 0 amide bonds. The zero-order valence-electron chi connectivity index (χ0n) is 11.4. The number of nitrogens with one attached hydrogen (secondary N) is 1. The molecule has 1 saturated heterocycles. The Hall–Kier alpha value is -1.39. The van der Waals surface area contributed by atoms with E-state index in [1.54, 1.807) is 0 Å². The van der Waals surface area contributed by atoms with E-state index in [0.29, 0.717) is 30.9 Å². The molecule has 0 bridgehead atoms. The number of para-hydroxylation sites is 1. The van der Waals surface area contributed by atoms with Crippen LogP contribution in [-0.2, 0) is 4.74 Å². The maximum absolute atomic E-state index is 12.3. The maximum Gasteiger partial charge on any atom is 0.168 e. The molecule has 0 radical (unpaired) electrons. The maximum atomic E-state index is 12.3. The molecule has 1 atom stereocenters. The Balaban J connectivity index is 2.00. The van der Waals surface area contributed by atoms with Crippen molar-refractivity contribution >= 4 is 5.78 Å². The zero-order chi connectivity index (χ0) is 13.5. The molecule has 1 aromatic carbocycles. The van der Waals surface area contributed by atoms with Crippen LogP contribution in [0.4, 0.5) is 0 Å². The first-order valence-corrected chi connectivity index (χ1v) is 6.87. The number of rotatable bonds is 6. The Morgan fingerprint density at radius 1 is 1.47 bits per heavy atom. The standard InChI is InChI=1S/C15H21NO3/c1-2-8-19-15-6-4-3-5-13(15)14(17)10-12-11-18-9-7-16-12/h3-6,12,16H,2,7-11H2,1H3. The minimum absolute atomic E-state index is 0.106. The summed E-state index contributed by atoms with van der Waals surface area (Å²) in [5.41, 5.74) is 0.670. The Bertz CT molecular complexity index is 414. The summed E-state index contributed by atoms with van der Waals surface area (Å²) in [6, 6.07) is 7.56. The molecule has 0 saturated carbocycles. The van der Waals surface area contributed by atoms with E-state index in [2.05, 4.69) is 5.32 Å². The lowest BCUT2D eigenvalue weighted by Crippen LogP contribution is -2.42. The molecule has 19 heavy (non-hydrogen) atoms. The third-order valence-corrected chi connectivity index (χ3v) is 3.08. The van der Waals surface area contributed by atoms with Gasteiger partial charge in [-0.3, -0.25) is 4.79 Å². The van der Waals surface area contributed by atoms with E-state index in [9.17, 15) is 4.79 Å². The molecule has 0 aromatic heterocycles. The molecule has 104 valence electrons. The Morgan fingerprint density at radius 2 is 2.32 bits per heavy atom. The normalized spacial score (nSPS) is 19.1. The average Bonchev–Trinajstić information content (AvgIpc) is 2.46. The molecule has 4 heteroatoms. The Kier molecular flexibility index (Phi) is 5.36. The minimum Gasteiger partial charge on any atom is -0.493 e. The van der Waals surface area contributed by atoms with Gasteiger partial charge in [-0.25, -0.2) is 0 Å². The molecule has 1 fully saturated rings. The highest BCUT2D eigenvalue weighted by atomic mass is 16.5. The molecular formula is C15H21NO3. The summed E-state index contributed by atoms with van der Waals surface area (Å²) >= 11 is 0. The van der Waals surface area contributed by atoms with Crippen LogP contribution in [0.3, 0.4) is 0 Å². The fourth-order valence-corrected chi connectivity index (χ4v) is 2.12. The predicted octanol–water partition coefficient (Wildman–Crippen LogP) is 2.04. The second-order valence-corrected chi connectivity index (χ2v) is 4.70. The van der Waals surface area contributed by atoms with Crippen molar-refractivity contribution < 1.29 is 14.3 Å². The Morgan fingerprint density at radius 3 is 3.05 bits per heavy atom. The van der Waals surface area contributed by atoms with Crippen LogP contribution in [0.2, 0.25) is 0 Å². The molecule has 1 aromatic rings. The van der Waals surface area contributed by atoms with Crippen molar-refractivity contribution in [1.29, 1.82) is 0 Å². The number of ketones is 1. The fraction of sp³-hybridized carbons (Fsp3) is 0.533. The minimum atomic E-state index is 0.106. The highest BCUT2D eigenvalue weighted by Crippen LogP contribution is 2.20. The smallest absolute Gasteiger partial charge is 0.168 e. The van der Waals surface area contributed by atoms with E-state index >= 15 is 0 Å². The zero-order valence-corrected chi connectivity index (χ0v) is 11.4. The average molecular weight is 263 g/mol. The quantitative estimate of drug-likeness (QED) is 0.798. The number of hydrogen-bond acceptors (Lipinski definition) is 4. The van der Waals surface area contributed by atoms with Gasteiger partial charge in [0.2, 0.25) is 0 Å². The van der Waals surface area contributed by atoms with Crippen LogP contribution in [0.5, 0.6) is 5.75 Å². The number of hydrogen-bond donors (Lipinski definition) is 1. The highest BCUT2D eigenvalue weighted by molar-refractivity contribution is 5.99. The van der Waals surface area contributed by atoms with Gasteiger partial charge in [-0.15, -0.1) is 0 Å². The van der Waals surface area contributed by atoms with Gasteiger partial charge in [-0.1, -0.05) is 19.1 Å². The van der Waals surface area contributed by atoms with E-state index in [1.807, 2.05) is 31.2 Å². The van der Waals surface area contributed by atoms with Crippen molar-refractivity contribution in [2.24, 2.45) is 0 Å². The summed E-state index contributed by atoms with van der Waals surface area (Å²) < 4.78 is 11.0. The van der Waals surface area contributed by atoms with Crippen LogP contribution >= 0.6 is 0 Å². The lowest BCUT2D eigenvalue weighted by Gasteiger charge is -2.23. The van der Waals surface area contributed by atoms with Crippen LogP contribution in [0.25, 0.3) is 0 Å². The number of ether oxygens (including phenoxy) is 2. The second-order valence-electron chi connectivity index (χ2n) is 4.70. The molecule has 1 unspecified atom stereocenters. The summed E-state index contributed by atoms with van der Waals surface area (Å²) in [6.45, 7) is 4.82. The molecule has 1 N–H and O–H groups in total. The monoisotopic (exact) mass is 263 g/mol. The number of benzene rings is 1. The van der Waals surface area contributed by atoms with Crippen molar-refractivity contribution in [1.82, 2.24) is 5.32 Å². The van der Waals surface area contributed by atoms with Gasteiger partial charge in [0.15, 0.2) is 5.78 Å². The third kappa shape index (κ3) is 4.04. The lowest BCUT2D eigenvalue weighted by molar-refractivity contribution is 0.0674. The van der Waals surface area contributed by atoms with Crippen molar-refractivity contribution in [3.8, 4) is 5.75 Å². The summed E-state index contributed by atoms with van der Waals surface area (Å²) in [6.07, 6.45) is 1.38. The molecule has 2 rings (SSSR count). The first kappa shape index (κ1) is 14.0. The van der Waals surface area contributed by atoms with E-state index in [4.69, 9.17) is 9.47 Å². The second kappa shape index (κ2) is 7.26. The van der Waals surface area contributed by atoms with Crippen LogP contribution in [-0.4, -0.2) is 38.2 Å². The van der Waals surface area contributed by atoms with Crippen molar-refractivity contribution in [2.45, 2.75) is 25.8 Å².